The molecule has 13 heavy (non-hydrogen) atoms. The van der Waals surface area contributed by atoms with Crippen LogP contribution < -0.4 is 5.73 Å². The molecule has 0 spiro atoms. The molecule has 0 fully saturated rings. The Bertz CT molecular complexity index is 261. The highest BCUT2D eigenvalue weighted by Crippen LogP contribution is 1.92. The zero-order valence-electron chi connectivity index (χ0n) is 8.14. The topological polar surface area (TPSA) is 56.2 Å². The third kappa shape index (κ3) is 3.27. The Morgan fingerprint density at radius 2 is 2.38 bits per heavy atom. The van der Waals surface area contributed by atoms with E-state index in [1.54, 1.807) is 6.20 Å². The first-order chi connectivity index (χ1) is 6.20. The van der Waals surface area contributed by atoms with Crippen molar-refractivity contribution in [3.05, 3.63) is 18.5 Å². The first kappa shape index (κ1) is 9.77. The summed E-state index contributed by atoms with van der Waals surface area (Å²) in [6, 6.07) is 1.90. The fraction of sp³-hybridized carbons (Fsp3) is 0.556. The molecule has 0 aliphatic rings. The number of nitrogens with zero attached hydrogens (tertiary/aromatic N) is 3. The van der Waals surface area contributed by atoms with E-state index in [0.29, 0.717) is 18.3 Å². The van der Waals surface area contributed by atoms with Crippen molar-refractivity contribution in [2.24, 2.45) is 16.6 Å². The molecular formula is C9H16N4. The largest absolute Gasteiger partial charge is 0.387 e. The maximum Gasteiger partial charge on any atom is 0.0963 e. The second-order valence-corrected chi connectivity index (χ2v) is 3.23. The zero-order chi connectivity index (χ0) is 9.68. The highest BCUT2D eigenvalue weighted by atomic mass is 15.3. The summed E-state index contributed by atoms with van der Waals surface area (Å²) in [4.78, 5) is 4.23. The quantitative estimate of drug-likeness (QED) is 0.552. The van der Waals surface area contributed by atoms with Gasteiger partial charge in [-0.25, -0.2) is 0 Å². The second kappa shape index (κ2) is 4.64. The van der Waals surface area contributed by atoms with Crippen LogP contribution >= 0.6 is 0 Å². The molecule has 0 aliphatic carbocycles. The molecule has 2 N–H and O–H groups in total. The van der Waals surface area contributed by atoms with Gasteiger partial charge in [0, 0.05) is 18.3 Å². The Labute approximate surface area is 78.5 Å². The lowest BCUT2D eigenvalue weighted by Gasteiger charge is -2.03. The lowest BCUT2D eigenvalue weighted by atomic mass is 10.2. The van der Waals surface area contributed by atoms with Gasteiger partial charge in [-0.3, -0.25) is 9.67 Å². The van der Waals surface area contributed by atoms with Crippen LogP contribution in [0, 0.1) is 5.92 Å². The van der Waals surface area contributed by atoms with Crippen molar-refractivity contribution >= 4 is 5.84 Å². The van der Waals surface area contributed by atoms with E-state index in [9.17, 15) is 0 Å². The molecule has 0 aromatic carbocycles. The average Bonchev–Trinajstić information content (AvgIpc) is 2.56. The first-order valence-electron chi connectivity index (χ1n) is 4.47. The summed E-state index contributed by atoms with van der Waals surface area (Å²) in [5.74, 6) is 1.05. The van der Waals surface area contributed by atoms with Crippen LogP contribution in [0.25, 0.3) is 0 Å². The number of aromatic nitrogens is 2. The minimum atomic E-state index is 0.331. The van der Waals surface area contributed by atoms with Gasteiger partial charge < -0.3 is 5.73 Å². The molecule has 1 aromatic rings. The minimum absolute atomic E-state index is 0.331. The summed E-state index contributed by atoms with van der Waals surface area (Å²) in [7, 11) is 0. The monoisotopic (exact) mass is 180 g/mol. The number of nitrogens with two attached hydrogens (primary N) is 1. The van der Waals surface area contributed by atoms with E-state index >= 15 is 0 Å². The van der Waals surface area contributed by atoms with Crippen LogP contribution in [0.2, 0.25) is 0 Å². The van der Waals surface area contributed by atoms with Crippen LogP contribution in [-0.4, -0.2) is 22.2 Å². The zero-order valence-corrected chi connectivity index (χ0v) is 8.14. The maximum atomic E-state index is 5.68. The molecule has 1 heterocycles. The highest BCUT2D eigenvalue weighted by Gasteiger charge is 1.97. The van der Waals surface area contributed by atoms with E-state index in [1.165, 1.54) is 0 Å². The molecule has 1 rings (SSSR count). The van der Waals surface area contributed by atoms with E-state index in [0.717, 1.165) is 6.54 Å². The van der Waals surface area contributed by atoms with Crippen LogP contribution in [0.15, 0.2) is 23.5 Å². The second-order valence-electron chi connectivity index (χ2n) is 3.23. The van der Waals surface area contributed by atoms with Gasteiger partial charge in [-0.2, -0.15) is 5.10 Å². The smallest absolute Gasteiger partial charge is 0.0963 e. The normalized spacial score (nSPS) is 12.4. The van der Waals surface area contributed by atoms with E-state index in [4.69, 9.17) is 5.73 Å². The fourth-order valence-corrected chi connectivity index (χ4v) is 0.897. The van der Waals surface area contributed by atoms with Crippen molar-refractivity contribution in [2.75, 3.05) is 6.54 Å². The molecule has 0 bridgehead atoms. The summed E-state index contributed by atoms with van der Waals surface area (Å²) in [6.45, 7) is 5.56. The van der Waals surface area contributed by atoms with E-state index in [2.05, 4.69) is 10.1 Å². The van der Waals surface area contributed by atoms with E-state index < -0.39 is 0 Å². The van der Waals surface area contributed by atoms with Crippen LogP contribution in [0.1, 0.15) is 13.8 Å². The number of aliphatic imine (C=N–C) groups is 1. The van der Waals surface area contributed by atoms with Gasteiger partial charge >= 0.3 is 0 Å². The molecule has 4 heteroatoms. The molecule has 0 aliphatic heterocycles. The third-order valence-electron chi connectivity index (χ3n) is 1.77. The number of rotatable bonds is 4. The van der Waals surface area contributed by atoms with Gasteiger partial charge in [0.1, 0.15) is 0 Å². The molecule has 0 amide bonds. The Hall–Kier alpha value is -1.32. The molecular weight excluding hydrogens is 164 g/mol. The predicted octanol–water partition coefficient (Wildman–Crippen LogP) is 0.896. The van der Waals surface area contributed by atoms with Gasteiger partial charge in [-0.15, -0.1) is 0 Å². The number of amidine groups is 1. The number of hydrogen-bond acceptors (Lipinski definition) is 2. The van der Waals surface area contributed by atoms with Crippen LogP contribution in [0.4, 0.5) is 0 Å². The Kier molecular flexibility index (Phi) is 3.49. The van der Waals surface area contributed by atoms with Gasteiger partial charge in [0.25, 0.3) is 0 Å². The molecule has 72 valence electrons. The summed E-state index contributed by atoms with van der Waals surface area (Å²) < 4.78 is 1.84. The fourth-order valence-electron chi connectivity index (χ4n) is 0.897. The summed E-state index contributed by atoms with van der Waals surface area (Å²) >= 11 is 0. The molecule has 4 nitrogen and oxygen atoms in total. The van der Waals surface area contributed by atoms with E-state index in [-0.39, 0.29) is 0 Å². The summed E-state index contributed by atoms with van der Waals surface area (Å²) in [5, 5.41) is 4.06. The first-order valence-corrected chi connectivity index (χ1v) is 4.47. The maximum absolute atomic E-state index is 5.68. The third-order valence-corrected chi connectivity index (χ3v) is 1.77. The molecule has 0 saturated carbocycles. The Morgan fingerprint density at radius 1 is 1.62 bits per heavy atom. The highest BCUT2D eigenvalue weighted by molar-refractivity contribution is 5.82. The average molecular weight is 180 g/mol. The standard InChI is InChI=1S/C9H16N4/c1-8(2)9(10)11-5-7-13-6-3-4-12-13/h3-4,6,8H,5,7H2,1-2H3,(H2,10,11). The van der Waals surface area contributed by atoms with Crippen molar-refractivity contribution < 1.29 is 0 Å². The Balaban J connectivity index is 2.32. The van der Waals surface area contributed by atoms with Gasteiger partial charge in [0.2, 0.25) is 0 Å². The molecule has 0 saturated heterocycles. The van der Waals surface area contributed by atoms with Crippen LogP contribution in [0.3, 0.4) is 0 Å². The van der Waals surface area contributed by atoms with E-state index in [1.807, 2.05) is 30.8 Å². The summed E-state index contributed by atoms with van der Waals surface area (Å²) in [5.41, 5.74) is 5.68. The predicted molar refractivity (Wildman–Crippen MR) is 53.6 cm³/mol. The SMILES string of the molecule is CC(C)C(N)=NCCn1cccn1. The van der Waals surface area contributed by atoms with Crippen molar-refractivity contribution in [1.82, 2.24) is 9.78 Å². The summed E-state index contributed by atoms with van der Waals surface area (Å²) in [6.07, 6.45) is 3.68. The Morgan fingerprint density at radius 3 is 2.92 bits per heavy atom. The molecule has 0 radical (unpaired) electrons. The van der Waals surface area contributed by atoms with Gasteiger partial charge in [0.15, 0.2) is 0 Å². The molecule has 0 unspecified atom stereocenters. The van der Waals surface area contributed by atoms with Crippen molar-refractivity contribution in [1.29, 1.82) is 0 Å². The van der Waals surface area contributed by atoms with Gasteiger partial charge in [-0.05, 0) is 6.07 Å². The van der Waals surface area contributed by atoms with Gasteiger partial charge in [-0.1, -0.05) is 13.8 Å². The van der Waals surface area contributed by atoms with Crippen LogP contribution in [0.5, 0.6) is 0 Å². The molecule has 0 atom stereocenters. The van der Waals surface area contributed by atoms with Crippen LogP contribution in [-0.2, 0) is 6.54 Å². The molecule has 1 aromatic heterocycles. The minimum Gasteiger partial charge on any atom is -0.387 e. The van der Waals surface area contributed by atoms with Crippen molar-refractivity contribution in [3.63, 3.8) is 0 Å². The van der Waals surface area contributed by atoms with Crippen molar-refractivity contribution in [2.45, 2.75) is 20.4 Å². The lowest BCUT2D eigenvalue weighted by Crippen LogP contribution is -2.19. The van der Waals surface area contributed by atoms with Gasteiger partial charge in [0.05, 0.1) is 18.9 Å². The number of hydrogen-bond donors (Lipinski definition) is 1. The lowest BCUT2D eigenvalue weighted by molar-refractivity contribution is 0.623. The van der Waals surface area contributed by atoms with Crippen molar-refractivity contribution in [3.8, 4) is 0 Å².